The summed E-state index contributed by atoms with van der Waals surface area (Å²) in [6.07, 6.45) is -3.14. The van der Waals surface area contributed by atoms with E-state index >= 15 is 0 Å². The van der Waals surface area contributed by atoms with E-state index in [1.165, 1.54) is 6.20 Å². The third kappa shape index (κ3) is 1.65. The molecule has 0 atom stereocenters. The van der Waals surface area contributed by atoms with Crippen LogP contribution in [0.4, 0.5) is 18.9 Å². The number of aromatic amines is 2. The summed E-state index contributed by atoms with van der Waals surface area (Å²) in [6, 6.07) is 0.865. The number of hydrogen-bond donors (Lipinski definition) is 3. The van der Waals surface area contributed by atoms with Crippen LogP contribution in [0.25, 0.3) is 11.4 Å². The molecule has 0 amide bonds. The van der Waals surface area contributed by atoms with E-state index in [2.05, 4.69) is 15.3 Å². The Bertz CT molecular complexity index is 469. The first kappa shape index (κ1) is 9.56. The molecule has 4 N–H and O–H groups in total. The van der Waals surface area contributed by atoms with Crippen LogP contribution in [-0.2, 0) is 6.18 Å². The topological polar surface area (TPSA) is 83.4 Å². The van der Waals surface area contributed by atoms with Crippen LogP contribution in [0.2, 0.25) is 0 Å². The van der Waals surface area contributed by atoms with Crippen molar-refractivity contribution in [3.63, 3.8) is 0 Å². The third-order valence-corrected chi connectivity index (χ3v) is 1.81. The van der Waals surface area contributed by atoms with Crippen molar-refractivity contribution in [2.75, 3.05) is 5.73 Å². The number of rotatable bonds is 1. The molecule has 0 aliphatic carbocycles. The van der Waals surface area contributed by atoms with Crippen LogP contribution in [0.15, 0.2) is 12.3 Å². The molecule has 2 aromatic heterocycles. The number of alkyl halides is 3. The van der Waals surface area contributed by atoms with Gasteiger partial charge in [-0.25, -0.2) is 0 Å². The minimum absolute atomic E-state index is 0.0809. The number of nitrogens with one attached hydrogen (secondary N) is 2. The van der Waals surface area contributed by atoms with Crippen LogP contribution in [-0.4, -0.2) is 20.4 Å². The summed E-state index contributed by atoms with van der Waals surface area (Å²) in [7, 11) is 0. The number of H-pyrrole nitrogens is 2. The van der Waals surface area contributed by atoms with E-state index < -0.39 is 11.9 Å². The Morgan fingerprint density at radius 1 is 1.27 bits per heavy atom. The molecular formula is C7H6F3N5. The summed E-state index contributed by atoms with van der Waals surface area (Å²) < 4.78 is 36.6. The van der Waals surface area contributed by atoms with Crippen LogP contribution in [0.3, 0.4) is 0 Å². The summed E-state index contributed by atoms with van der Waals surface area (Å²) >= 11 is 0. The van der Waals surface area contributed by atoms with E-state index in [4.69, 9.17) is 5.73 Å². The Morgan fingerprint density at radius 3 is 2.47 bits per heavy atom. The van der Waals surface area contributed by atoms with Crippen molar-refractivity contribution >= 4 is 5.69 Å². The van der Waals surface area contributed by atoms with Gasteiger partial charge in [0.2, 0.25) is 0 Å². The van der Waals surface area contributed by atoms with Gasteiger partial charge >= 0.3 is 6.18 Å². The fourth-order valence-corrected chi connectivity index (χ4v) is 1.10. The molecule has 8 heteroatoms. The molecule has 0 radical (unpaired) electrons. The second-order valence-electron chi connectivity index (χ2n) is 2.86. The standard InChI is InChI=1S/C7H6F3N5/c8-7(9,10)5-1-4(13-14-5)6-3(11)2-12-15-6/h1-2H,11H2,(H,12,15)(H,13,14). The zero-order valence-electron chi connectivity index (χ0n) is 7.26. The van der Waals surface area contributed by atoms with E-state index in [1.54, 1.807) is 0 Å². The summed E-state index contributed by atoms with van der Waals surface area (Å²) in [5.74, 6) is 0. The maximum atomic E-state index is 12.2. The van der Waals surface area contributed by atoms with Crippen molar-refractivity contribution in [3.05, 3.63) is 18.0 Å². The van der Waals surface area contributed by atoms with Crippen LogP contribution in [0.5, 0.6) is 0 Å². The van der Waals surface area contributed by atoms with Crippen molar-refractivity contribution in [2.45, 2.75) is 6.18 Å². The highest BCUT2D eigenvalue weighted by Crippen LogP contribution is 2.30. The summed E-state index contributed by atoms with van der Waals surface area (Å²) in [5.41, 5.74) is 5.13. The molecule has 0 fully saturated rings. The smallest absolute Gasteiger partial charge is 0.396 e. The van der Waals surface area contributed by atoms with Crippen LogP contribution in [0, 0.1) is 0 Å². The first-order valence-corrected chi connectivity index (χ1v) is 3.90. The molecule has 80 valence electrons. The van der Waals surface area contributed by atoms with Crippen molar-refractivity contribution in [1.29, 1.82) is 0 Å². The lowest BCUT2D eigenvalue weighted by Crippen LogP contribution is -2.04. The molecule has 0 saturated carbocycles. The molecule has 2 heterocycles. The van der Waals surface area contributed by atoms with Gasteiger partial charge in [-0.1, -0.05) is 0 Å². The molecule has 0 aliphatic heterocycles. The van der Waals surface area contributed by atoms with Gasteiger partial charge in [-0.2, -0.15) is 23.4 Å². The Hall–Kier alpha value is -1.99. The Kier molecular flexibility index (Phi) is 1.92. The quantitative estimate of drug-likeness (QED) is 0.675. The van der Waals surface area contributed by atoms with E-state index in [-0.39, 0.29) is 17.1 Å². The lowest BCUT2D eigenvalue weighted by Gasteiger charge is -1.99. The molecule has 0 spiro atoms. The Morgan fingerprint density at radius 2 is 2.00 bits per heavy atom. The molecule has 0 unspecified atom stereocenters. The highest BCUT2D eigenvalue weighted by atomic mass is 19.4. The average Bonchev–Trinajstić information content (AvgIpc) is 2.69. The molecule has 2 rings (SSSR count). The number of nitrogen functional groups attached to an aromatic ring is 1. The SMILES string of the molecule is Nc1cn[nH]c1-c1cc(C(F)(F)F)[nH]n1. The predicted octanol–water partition coefficient (Wildman–Crippen LogP) is 1.40. The van der Waals surface area contributed by atoms with Crippen molar-refractivity contribution < 1.29 is 13.2 Å². The number of nitrogens with two attached hydrogens (primary N) is 1. The monoisotopic (exact) mass is 217 g/mol. The van der Waals surface area contributed by atoms with Gasteiger partial charge in [-0.15, -0.1) is 0 Å². The molecule has 2 aromatic rings. The zero-order valence-corrected chi connectivity index (χ0v) is 7.26. The first-order valence-electron chi connectivity index (χ1n) is 3.90. The minimum Gasteiger partial charge on any atom is -0.396 e. The number of anilines is 1. The second-order valence-corrected chi connectivity index (χ2v) is 2.86. The predicted molar refractivity (Wildman–Crippen MR) is 45.6 cm³/mol. The zero-order chi connectivity index (χ0) is 11.1. The van der Waals surface area contributed by atoms with Gasteiger partial charge in [0.1, 0.15) is 17.1 Å². The highest BCUT2D eigenvalue weighted by molar-refractivity contribution is 5.68. The average molecular weight is 217 g/mol. The van der Waals surface area contributed by atoms with Crippen LogP contribution < -0.4 is 5.73 Å². The number of hydrogen-bond acceptors (Lipinski definition) is 3. The van der Waals surface area contributed by atoms with Gasteiger partial charge in [-0.05, 0) is 6.07 Å². The van der Waals surface area contributed by atoms with E-state index in [0.717, 1.165) is 6.07 Å². The lowest BCUT2D eigenvalue weighted by molar-refractivity contribution is -0.141. The van der Waals surface area contributed by atoms with E-state index in [1.807, 2.05) is 5.10 Å². The fraction of sp³-hybridized carbons (Fsp3) is 0.143. The maximum Gasteiger partial charge on any atom is 0.432 e. The summed E-state index contributed by atoms with van der Waals surface area (Å²) in [4.78, 5) is 0. The summed E-state index contributed by atoms with van der Waals surface area (Å²) in [5, 5.41) is 11.4. The highest BCUT2D eigenvalue weighted by Gasteiger charge is 2.33. The van der Waals surface area contributed by atoms with E-state index in [0.29, 0.717) is 0 Å². The minimum atomic E-state index is -4.44. The van der Waals surface area contributed by atoms with Gasteiger partial charge in [0.15, 0.2) is 0 Å². The third-order valence-electron chi connectivity index (χ3n) is 1.81. The number of nitrogens with zero attached hydrogens (tertiary/aromatic N) is 2. The van der Waals surface area contributed by atoms with Gasteiger partial charge in [0.25, 0.3) is 0 Å². The molecule has 0 aromatic carbocycles. The molecule has 0 saturated heterocycles. The summed E-state index contributed by atoms with van der Waals surface area (Å²) in [6.45, 7) is 0. The Balaban J connectivity index is 2.41. The van der Waals surface area contributed by atoms with E-state index in [9.17, 15) is 13.2 Å². The van der Waals surface area contributed by atoms with Gasteiger partial charge < -0.3 is 5.73 Å². The molecule has 0 bridgehead atoms. The van der Waals surface area contributed by atoms with Crippen LogP contribution >= 0.6 is 0 Å². The molecule has 0 aliphatic rings. The normalized spacial score (nSPS) is 11.9. The number of halogens is 3. The van der Waals surface area contributed by atoms with Gasteiger partial charge in [0.05, 0.1) is 11.9 Å². The van der Waals surface area contributed by atoms with Crippen molar-refractivity contribution in [3.8, 4) is 11.4 Å². The Labute approximate surface area is 81.5 Å². The largest absolute Gasteiger partial charge is 0.432 e. The molecular weight excluding hydrogens is 211 g/mol. The first-order chi connectivity index (χ1) is 6.98. The van der Waals surface area contributed by atoms with Crippen molar-refractivity contribution in [2.24, 2.45) is 0 Å². The number of aromatic nitrogens is 4. The van der Waals surface area contributed by atoms with Crippen molar-refractivity contribution in [1.82, 2.24) is 20.4 Å². The second kappa shape index (κ2) is 3.01. The fourth-order valence-electron chi connectivity index (χ4n) is 1.10. The van der Waals surface area contributed by atoms with Gasteiger partial charge in [0, 0.05) is 0 Å². The molecule has 15 heavy (non-hydrogen) atoms. The van der Waals surface area contributed by atoms with Gasteiger partial charge in [-0.3, -0.25) is 10.2 Å². The van der Waals surface area contributed by atoms with Crippen LogP contribution in [0.1, 0.15) is 5.69 Å². The maximum absolute atomic E-state index is 12.2. The lowest BCUT2D eigenvalue weighted by atomic mass is 10.2. The molecule has 5 nitrogen and oxygen atoms in total.